The Morgan fingerprint density at radius 3 is 1.96 bits per heavy atom. The SMILES string of the molecule is COc1ccc([C@H]2C(C)C(=O)N2c2cc(OC)c(OC)c(OC)c2)cc1N. The minimum absolute atomic E-state index is 0.0173. The van der Waals surface area contributed by atoms with Gasteiger partial charge in [0.1, 0.15) is 5.75 Å². The molecular weight excluding hydrogens is 348 g/mol. The van der Waals surface area contributed by atoms with Gasteiger partial charge in [0.25, 0.3) is 0 Å². The van der Waals surface area contributed by atoms with Crippen LogP contribution in [0.5, 0.6) is 23.0 Å². The van der Waals surface area contributed by atoms with Gasteiger partial charge in [-0.05, 0) is 17.7 Å². The summed E-state index contributed by atoms with van der Waals surface area (Å²) in [5.74, 6) is 1.92. The predicted octanol–water partition coefficient (Wildman–Crippen LogP) is 3.03. The standard InChI is InChI=1S/C20H24N2O5/c1-11-18(12-6-7-15(24-2)14(21)8-12)22(20(11)23)13-9-16(25-3)19(27-5)17(10-13)26-4/h6-11,18H,21H2,1-5H3/t11?,18-/m1/s1. The van der Waals surface area contributed by atoms with E-state index in [1.54, 1.807) is 45.5 Å². The van der Waals surface area contributed by atoms with Crippen molar-refractivity contribution < 1.29 is 23.7 Å². The van der Waals surface area contributed by atoms with Crippen LogP contribution in [0.25, 0.3) is 0 Å². The monoisotopic (exact) mass is 372 g/mol. The summed E-state index contributed by atoms with van der Waals surface area (Å²) < 4.78 is 21.4. The van der Waals surface area contributed by atoms with E-state index in [1.807, 2.05) is 25.1 Å². The normalized spacial score (nSPS) is 18.7. The number of hydrogen-bond donors (Lipinski definition) is 1. The molecule has 27 heavy (non-hydrogen) atoms. The van der Waals surface area contributed by atoms with E-state index >= 15 is 0 Å². The van der Waals surface area contributed by atoms with Crippen LogP contribution < -0.4 is 29.6 Å². The fourth-order valence-corrected chi connectivity index (χ4v) is 3.50. The molecule has 1 amide bonds. The maximum atomic E-state index is 12.7. The molecule has 0 spiro atoms. The highest BCUT2D eigenvalue weighted by Crippen LogP contribution is 2.48. The van der Waals surface area contributed by atoms with Gasteiger partial charge in [0.15, 0.2) is 11.5 Å². The zero-order valence-corrected chi connectivity index (χ0v) is 16.1. The number of methoxy groups -OCH3 is 4. The van der Waals surface area contributed by atoms with Crippen molar-refractivity contribution in [3.63, 3.8) is 0 Å². The number of nitrogens with zero attached hydrogens (tertiary/aromatic N) is 1. The Hall–Kier alpha value is -3.09. The summed E-state index contributed by atoms with van der Waals surface area (Å²) >= 11 is 0. The maximum Gasteiger partial charge on any atom is 0.232 e. The molecule has 2 atom stereocenters. The van der Waals surface area contributed by atoms with E-state index in [0.717, 1.165) is 5.56 Å². The third-order valence-corrected chi connectivity index (χ3v) is 4.90. The van der Waals surface area contributed by atoms with Gasteiger partial charge in [0, 0.05) is 12.1 Å². The average Bonchev–Trinajstić information content (AvgIpc) is 2.69. The molecule has 0 radical (unpaired) electrons. The van der Waals surface area contributed by atoms with Gasteiger partial charge in [-0.2, -0.15) is 0 Å². The van der Waals surface area contributed by atoms with Crippen molar-refractivity contribution in [3.8, 4) is 23.0 Å². The lowest BCUT2D eigenvalue weighted by Gasteiger charge is -2.46. The molecule has 7 heteroatoms. The molecule has 1 unspecified atom stereocenters. The molecule has 1 saturated heterocycles. The molecule has 0 aromatic heterocycles. The first kappa shape index (κ1) is 18.7. The van der Waals surface area contributed by atoms with Crippen LogP contribution >= 0.6 is 0 Å². The van der Waals surface area contributed by atoms with Crippen molar-refractivity contribution in [2.45, 2.75) is 13.0 Å². The number of carbonyl (C=O) groups excluding carboxylic acids is 1. The Morgan fingerprint density at radius 2 is 1.48 bits per heavy atom. The van der Waals surface area contributed by atoms with Crippen LogP contribution in [0, 0.1) is 5.92 Å². The summed E-state index contributed by atoms with van der Waals surface area (Å²) in [6, 6.07) is 8.97. The van der Waals surface area contributed by atoms with Crippen molar-refractivity contribution in [1.82, 2.24) is 0 Å². The second-order valence-corrected chi connectivity index (χ2v) is 6.33. The van der Waals surface area contributed by atoms with E-state index in [2.05, 4.69) is 0 Å². The Kier molecular flexibility index (Phi) is 5.03. The molecule has 1 fully saturated rings. The number of nitrogen functional groups attached to an aromatic ring is 1. The highest BCUT2D eigenvalue weighted by Gasteiger charge is 2.46. The summed E-state index contributed by atoms with van der Waals surface area (Å²) in [5, 5.41) is 0. The average molecular weight is 372 g/mol. The van der Waals surface area contributed by atoms with Crippen LogP contribution in [0.15, 0.2) is 30.3 Å². The van der Waals surface area contributed by atoms with Gasteiger partial charge in [-0.25, -0.2) is 0 Å². The number of rotatable bonds is 6. The van der Waals surface area contributed by atoms with E-state index in [4.69, 9.17) is 24.7 Å². The van der Waals surface area contributed by atoms with Crippen LogP contribution in [0.2, 0.25) is 0 Å². The predicted molar refractivity (Wildman–Crippen MR) is 103 cm³/mol. The Morgan fingerprint density at radius 1 is 0.889 bits per heavy atom. The molecule has 3 rings (SSSR count). The summed E-state index contributed by atoms with van der Waals surface area (Å²) in [5.41, 5.74) is 8.20. The van der Waals surface area contributed by atoms with Crippen LogP contribution in [-0.2, 0) is 4.79 Å². The molecule has 2 aromatic rings. The Bertz CT molecular complexity index is 842. The largest absolute Gasteiger partial charge is 0.495 e. The topological polar surface area (TPSA) is 83.2 Å². The quantitative estimate of drug-likeness (QED) is 0.620. The highest BCUT2D eigenvalue weighted by atomic mass is 16.5. The summed E-state index contributed by atoms with van der Waals surface area (Å²) in [4.78, 5) is 14.4. The number of anilines is 2. The first-order valence-electron chi connectivity index (χ1n) is 8.53. The van der Waals surface area contributed by atoms with E-state index in [1.165, 1.54) is 0 Å². The van der Waals surface area contributed by atoms with Gasteiger partial charge in [-0.3, -0.25) is 4.79 Å². The smallest absolute Gasteiger partial charge is 0.232 e. The molecule has 1 heterocycles. The Labute approximate surface area is 158 Å². The molecule has 1 aliphatic heterocycles. The zero-order chi connectivity index (χ0) is 19.7. The minimum atomic E-state index is -0.170. The molecule has 2 aromatic carbocycles. The van der Waals surface area contributed by atoms with Crippen molar-refractivity contribution in [3.05, 3.63) is 35.9 Å². The lowest BCUT2D eigenvalue weighted by molar-refractivity contribution is -0.129. The third-order valence-electron chi connectivity index (χ3n) is 4.90. The number of amides is 1. The summed E-state index contributed by atoms with van der Waals surface area (Å²) in [6.45, 7) is 1.90. The molecule has 2 N–H and O–H groups in total. The number of hydrogen-bond acceptors (Lipinski definition) is 6. The van der Waals surface area contributed by atoms with Gasteiger partial charge in [0.05, 0.1) is 51.8 Å². The first-order valence-corrected chi connectivity index (χ1v) is 8.53. The van der Waals surface area contributed by atoms with Gasteiger partial charge < -0.3 is 29.6 Å². The van der Waals surface area contributed by atoms with E-state index in [0.29, 0.717) is 34.4 Å². The van der Waals surface area contributed by atoms with E-state index in [9.17, 15) is 4.79 Å². The van der Waals surface area contributed by atoms with Gasteiger partial charge in [-0.1, -0.05) is 13.0 Å². The van der Waals surface area contributed by atoms with Crippen LogP contribution in [0.1, 0.15) is 18.5 Å². The van der Waals surface area contributed by atoms with Crippen LogP contribution in [0.3, 0.4) is 0 Å². The third kappa shape index (κ3) is 2.99. The van der Waals surface area contributed by atoms with Gasteiger partial charge in [0.2, 0.25) is 11.7 Å². The number of nitrogens with two attached hydrogens (primary N) is 1. The lowest BCUT2D eigenvalue weighted by Crippen LogP contribution is -2.54. The van der Waals surface area contributed by atoms with Gasteiger partial charge >= 0.3 is 0 Å². The summed E-state index contributed by atoms with van der Waals surface area (Å²) in [6.07, 6.45) is 0. The number of carbonyl (C=O) groups is 1. The molecule has 0 saturated carbocycles. The lowest BCUT2D eigenvalue weighted by atomic mass is 9.83. The highest BCUT2D eigenvalue weighted by molar-refractivity contribution is 6.03. The minimum Gasteiger partial charge on any atom is -0.495 e. The number of β-lactam (4-membered cyclic amide) rings is 1. The molecule has 144 valence electrons. The molecule has 7 nitrogen and oxygen atoms in total. The molecule has 1 aliphatic rings. The second kappa shape index (κ2) is 7.26. The van der Waals surface area contributed by atoms with Crippen molar-refractivity contribution in [2.75, 3.05) is 39.1 Å². The molecular formula is C20H24N2O5. The number of ether oxygens (including phenoxy) is 4. The number of benzene rings is 2. The van der Waals surface area contributed by atoms with Crippen LogP contribution in [-0.4, -0.2) is 34.3 Å². The zero-order valence-electron chi connectivity index (χ0n) is 16.1. The van der Waals surface area contributed by atoms with Crippen molar-refractivity contribution in [2.24, 2.45) is 5.92 Å². The van der Waals surface area contributed by atoms with Crippen LogP contribution in [0.4, 0.5) is 11.4 Å². The van der Waals surface area contributed by atoms with E-state index in [-0.39, 0.29) is 17.9 Å². The maximum absolute atomic E-state index is 12.7. The fourth-order valence-electron chi connectivity index (χ4n) is 3.50. The Balaban J connectivity index is 2.05. The second-order valence-electron chi connectivity index (χ2n) is 6.33. The summed E-state index contributed by atoms with van der Waals surface area (Å²) in [7, 11) is 6.20. The van der Waals surface area contributed by atoms with Crippen molar-refractivity contribution in [1.29, 1.82) is 0 Å². The molecule has 0 aliphatic carbocycles. The fraction of sp³-hybridized carbons (Fsp3) is 0.350. The first-order chi connectivity index (χ1) is 13.0. The van der Waals surface area contributed by atoms with Gasteiger partial charge in [-0.15, -0.1) is 0 Å². The molecule has 0 bridgehead atoms. The van der Waals surface area contributed by atoms with E-state index < -0.39 is 0 Å². The van der Waals surface area contributed by atoms with Crippen molar-refractivity contribution >= 4 is 17.3 Å².